The number of ether oxygens (including phenoxy) is 2. The minimum atomic E-state index is 0.0359. The van der Waals surface area contributed by atoms with E-state index in [4.69, 9.17) is 9.47 Å². The predicted octanol–water partition coefficient (Wildman–Crippen LogP) is 2.41. The van der Waals surface area contributed by atoms with E-state index in [1.54, 1.807) is 6.92 Å². The van der Waals surface area contributed by atoms with Crippen LogP contribution < -0.4 is 14.8 Å². The Morgan fingerprint density at radius 2 is 1.90 bits per heavy atom. The number of amides is 1. The molecule has 0 spiro atoms. The molecule has 4 nitrogen and oxygen atoms in total. The summed E-state index contributed by atoms with van der Waals surface area (Å²) in [4.78, 5) is 11.3. The van der Waals surface area contributed by atoms with E-state index in [0.29, 0.717) is 19.8 Å². The van der Waals surface area contributed by atoms with Gasteiger partial charge in [-0.25, -0.2) is 0 Å². The molecule has 1 aliphatic heterocycles. The molecule has 0 unspecified atom stereocenters. The molecular formula is C16H21NO3. The van der Waals surface area contributed by atoms with Gasteiger partial charge in [0.25, 0.3) is 0 Å². The smallest absolute Gasteiger partial charge is 0.216 e. The van der Waals surface area contributed by atoms with E-state index in [-0.39, 0.29) is 11.3 Å². The summed E-state index contributed by atoms with van der Waals surface area (Å²) in [6.07, 6.45) is 4.67. The molecule has 4 heteroatoms. The number of nitrogens with one attached hydrogen (secondary N) is 1. The summed E-state index contributed by atoms with van der Waals surface area (Å²) >= 11 is 0. The van der Waals surface area contributed by atoms with Crippen LogP contribution in [0.3, 0.4) is 0 Å². The predicted molar refractivity (Wildman–Crippen MR) is 76.3 cm³/mol. The first-order valence-corrected chi connectivity index (χ1v) is 7.34. The highest BCUT2D eigenvalue weighted by Gasteiger charge is 2.36. The maximum atomic E-state index is 11.3. The van der Waals surface area contributed by atoms with Crippen LogP contribution in [0.5, 0.6) is 11.5 Å². The lowest BCUT2D eigenvalue weighted by molar-refractivity contribution is -0.119. The molecule has 0 atom stereocenters. The van der Waals surface area contributed by atoms with Crippen molar-refractivity contribution >= 4 is 5.91 Å². The van der Waals surface area contributed by atoms with Gasteiger partial charge in [-0.3, -0.25) is 4.79 Å². The highest BCUT2D eigenvalue weighted by atomic mass is 16.6. The van der Waals surface area contributed by atoms with Crippen LogP contribution in [0.1, 0.15) is 38.2 Å². The monoisotopic (exact) mass is 275 g/mol. The van der Waals surface area contributed by atoms with Crippen LogP contribution in [0.25, 0.3) is 0 Å². The molecule has 0 bridgehead atoms. The van der Waals surface area contributed by atoms with Crippen molar-refractivity contribution in [1.29, 1.82) is 0 Å². The fourth-order valence-corrected chi connectivity index (χ4v) is 3.29. The first-order chi connectivity index (χ1) is 9.70. The largest absolute Gasteiger partial charge is 0.486 e. The summed E-state index contributed by atoms with van der Waals surface area (Å²) in [5, 5.41) is 3.00. The van der Waals surface area contributed by atoms with Crippen LogP contribution in [0, 0.1) is 0 Å². The summed E-state index contributed by atoms with van der Waals surface area (Å²) < 4.78 is 11.3. The molecule has 1 fully saturated rings. The van der Waals surface area contributed by atoms with Gasteiger partial charge in [0.05, 0.1) is 0 Å². The van der Waals surface area contributed by atoms with Crippen LogP contribution in [0.4, 0.5) is 0 Å². The van der Waals surface area contributed by atoms with E-state index < -0.39 is 0 Å². The first-order valence-electron chi connectivity index (χ1n) is 7.34. The van der Waals surface area contributed by atoms with Gasteiger partial charge in [-0.15, -0.1) is 0 Å². The van der Waals surface area contributed by atoms with E-state index in [1.807, 2.05) is 6.07 Å². The average molecular weight is 275 g/mol. The van der Waals surface area contributed by atoms with E-state index in [1.165, 1.54) is 18.4 Å². The molecule has 1 saturated carbocycles. The molecule has 0 radical (unpaired) electrons. The summed E-state index contributed by atoms with van der Waals surface area (Å²) in [7, 11) is 0. The zero-order chi connectivity index (χ0) is 14.0. The minimum Gasteiger partial charge on any atom is -0.486 e. The van der Waals surface area contributed by atoms with Crippen LogP contribution in [-0.2, 0) is 10.2 Å². The van der Waals surface area contributed by atoms with Gasteiger partial charge in [0.2, 0.25) is 5.91 Å². The molecule has 1 N–H and O–H groups in total. The lowest BCUT2D eigenvalue weighted by atomic mass is 9.78. The number of carbonyl (C=O) groups is 1. The van der Waals surface area contributed by atoms with Crippen molar-refractivity contribution in [3.63, 3.8) is 0 Å². The van der Waals surface area contributed by atoms with E-state index in [9.17, 15) is 4.79 Å². The molecule has 1 aromatic carbocycles. The Morgan fingerprint density at radius 1 is 1.20 bits per heavy atom. The number of fused-ring (bicyclic) bond motifs is 1. The van der Waals surface area contributed by atoms with Crippen molar-refractivity contribution in [2.24, 2.45) is 0 Å². The fourth-order valence-electron chi connectivity index (χ4n) is 3.29. The number of hydrogen-bond acceptors (Lipinski definition) is 3. The lowest BCUT2D eigenvalue weighted by Gasteiger charge is -2.31. The molecule has 1 aromatic rings. The van der Waals surface area contributed by atoms with Gasteiger partial charge in [-0.05, 0) is 30.5 Å². The fraction of sp³-hybridized carbons (Fsp3) is 0.562. The molecular weight excluding hydrogens is 254 g/mol. The Kier molecular flexibility index (Phi) is 3.55. The normalized spacial score (nSPS) is 19.6. The Labute approximate surface area is 119 Å². The second-order valence-electron chi connectivity index (χ2n) is 5.76. The van der Waals surface area contributed by atoms with Gasteiger partial charge < -0.3 is 14.8 Å². The van der Waals surface area contributed by atoms with E-state index in [0.717, 1.165) is 24.3 Å². The molecule has 2 aliphatic rings. The second kappa shape index (κ2) is 5.35. The van der Waals surface area contributed by atoms with Crippen molar-refractivity contribution in [2.45, 2.75) is 38.0 Å². The standard InChI is InChI=1S/C16H21NO3/c1-12(18)17-11-16(6-2-3-7-16)13-4-5-14-15(10-13)20-9-8-19-14/h4-5,10H,2-3,6-9,11H2,1H3,(H,17,18). The number of rotatable bonds is 3. The highest BCUT2D eigenvalue weighted by Crippen LogP contribution is 2.43. The lowest BCUT2D eigenvalue weighted by Crippen LogP contribution is -2.38. The molecule has 1 heterocycles. The Hall–Kier alpha value is -1.71. The van der Waals surface area contributed by atoms with Gasteiger partial charge in [0, 0.05) is 18.9 Å². The second-order valence-corrected chi connectivity index (χ2v) is 5.76. The van der Waals surface area contributed by atoms with Crippen LogP contribution >= 0.6 is 0 Å². The van der Waals surface area contributed by atoms with Crippen molar-refractivity contribution in [2.75, 3.05) is 19.8 Å². The Morgan fingerprint density at radius 3 is 2.60 bits per heavy atom. The third kappa shape index (κ3) is 2.47. The van der Waals surface area contributed by atoms with Gasteiger partial charge in [0.1, 0.15) is 13.2 Å². The summed E-state index contributed by atoms with van der Waals surface area (Å²) in [5.41, 5.74) is 1.31. The number of carbonyl (C=O) groups excluding carboxylic acids is 1. The summed E-state index contributed by atoms with van der Waals surface area (Å²) in [5.74, 6) is 1.70. The summed E-state index contributed by atoms with van der Waals surface area (Å²) in [6, 6.07) is 6.22. The molecule has 1 aliphatic carbocycles. The van der Waals surface area contributed by atoms with Crippen LogP contribution in [0.2, 0.25) is 0 Å². The highest BCUT2D eigenvalue weighted by molar-refractivity contribution is 5.73. The van der Waals surface area contributed by atoms with Gasteiger partial charge in [0.15, 0.2) is 11.5 Å². The molecule has 3 rings (SSSR count). The zero-order valence-electron chi connectivity index (χ0n) is 11.9. The van der Waals surface area contributed by atoms with E-state index in [2.05, 4.69) is 17.4 Å². The third-order valence-electron chi connectivity index (χ3n) is 4.39. The van der Waals surface area contributed by atoms with Crippen LogP contribution in [-0.4, -0.2) is 25.7 Å². The molecule has 20 heavy (non-hydrogen) atoms. The topological polar surface area (TPSA) is 47.6 Å². The van der Waals surface area contributed by atoms with Crippen molar-refractivity contribution in [3.05, 3.63) is 23.8 Å². The maximum Gasteiger partial charge on any atom is 0.216 e. The molecule has 0 saturated heterocycles. The van der Waals surface area contributed by atoms with Gasteiger partial charge in [-0.1, -0.05) is 18.9 Å². The number of hydrogen-bond donors (Lipinski definition) is 1. The Bertz CT molecular complexity index is 506. The number of benzene rings is 1. The van der Waals surface area contributed by atoms with Crippen molar-refractivity contribution < 1.29 is 14.3 Å². The quantitative estimate of drug-likeness (QED) is 0.921. The van der Waals surface area contributed by atoms with E-state index >= 15 is 0 Å². The van der Waals surface area contributed by atoms with Crippen molar-refractivity contribution in [3.8, 4) is 11.5 Å². The molecule has 0 aromatic heterocycles. The SMILES string of the molecule is CC(=O)NCC1(c2ccc3c(c2)OCCO3)CCCC1. The third-order valence-corrected chi connectivity index (χ3v) is 4.39. The maximum absolute atomic E-state index is 11.3. The van der Waals surface area contributed by atoms with Crippen LogP contribution in [0.15, 0.2) is 18.2 Å². The summed E-state index contributed by atoms with van der Waals surface area (Å²) in [6.45, 7) is 3.51. The van der Waals surface area contributed by atoms with Gasteiger partial charge in [-0.2, -0.15) is 0 Å². The minimum absolute atomic E-state index is 0.0359. The average Bonchev–Trinajstić information content (AvgIpc) is 2.95. The van der Waals surface area contributed by atoms with Gasteiger partial charge >= 0.3 is 0 Å². The molecule has 108 valence electrons. The zero-order valence-corrected chi connectivity index (χ0v) is 11.9. The van der Waals surface area contributed by atoms with Crippen molar-refractivity contribution in [1.82, 2.24) is 5.32 Å². The first kappa shape index (κ1) is 13.3. The Balaban J connectivity index is 1.89. The molecule has 1 amide bonds.